The standard InChI is InChI=1S/C19H16NO4P/c1-2-23-18(21)16-13-17(20-24-16)19(25-22,14-9-5-3-6-10-14)15-11-7-4-8-12-15/h3-13H,2H2,1H3. The van der Waals surface area contributed by atoms with Crippen LogP contribution in [0.25, 0.3) is 0 Å². The van der Waals surface area contributed by atoms with Crippen molar-refractivity contribution in [1.29, 1.82) is 0 Å². The Morgan fingerprint density at radius 1 is 1.08 bits per heavy atom. The number of hydrogen-bond donors (Lipinski definition) is 0. The number of ether oxygens (including phenoxy) is 1. The van der Waals surface area contributed by atoms with Gasteiger partial charge in [0.25, 0.3) is 0 Å². The van der Waals surface area contributed by atoms with Gasteiger partial charge in [-0.15, -0.1) is 0 Å². The molecule has 126 valence electrons. The number of benzene rings is 2. The Balaban J connectivity index is 2.19. The van der Waals surface area contributed by atoms with Crippen molar-refractivity contribution in [1.82, 2.24) is 5.16 Å². The second-order valence-corrected chi connectivity index (χ2v) is 6.18. The fourth-order valence-electron chi connectivity index (χ4n) is 2.72. The van der Waals surface area contributed by atoms with E-state index in [-0.39, 0.29) is 20.8 Å². The van der Waals surface area contributed by atoms with Crippen LogP contribution in [0.15, 0.2) is 71.3 Å². The molecule has 1 aromatic heterocycles. The highest BCUT2D eigenvalue weighted by Gasteiger charge is 2.41. The zero-order valence-electron chi connectivity index (χ0n) is 13.6. The van der Waals surface area contributed by atoms with Crippen LogP contribution in [0.5, 0.6) is 0 Å². The summed E-state index contributed by atoms with van der Waals surface area (Å²) in [5.41, 5.74) is 1.94. The first kappa shape index (κ1) is 17.1. The molecule has 5 nitrogen and oxygen atoms in total. The molecule has 0 bridgehead atoms. The average molecular weight is 353 g/mol. The molecule has 0 radical (unpaired) electrons. The minimum atomic E-state index is -1.07. The van der Waals surface area contributed by atoms with Crippen molar-refractivity contribution in [3.63, 3.8) is 0 Å². The maximum atomic E-state index is 12.4. The molecule has 0 unspecified atom stereocenters. The number of rotatable bonds is 6. The van der Waals surface area contributed by atoms with Gasteiger partial charge in [-0.25, -0.2) is 4.79 Å². The van der Waals surface area contributed by atoms with Crippen LogP contribution in [0.4, 0.5) is 0 Å². The van der Waals surface area contributed by atoms with E-state index in [0.29, 0.717) is 5.69 Å². The molecule has 1 heterocycles. The zero-order chi connectivity index (χ0) is 17.7. The van der Waals surface area contributed by atoms with E-state index in [9.17, 15) is 9.36 Å². The summed E-state index contributed by atoms with van der Waals surface area (Å²) < 4.78 is 22.5. The van der Waals surface area contributed by atoms with Crippen LogP contribution in [-0.4, -0.2) is 17.7 Å². The predicted molar refractivity (Wildman–Crippen MR) is 92.8 cm³/mol. The second kappa shape index (κ2) is 7.41. The largest absolute Gasteiger partial charge is 0.460 e. The monoisotopic (exact) mass is 353 g/mol. The number of carbonyl (C=O) groups is 1. The average Bonchev–Trinajstić information content (AvgIpc) is 3.16. The van der Waals surface area contributed by atoms with E-state index in [4.69, 9.17) is 9.26 Å². The maximum Gasteiger partial charge on any atom is 0.377 e. The molecule has 0 aliphatic heterocycles. The summed E-state index contributed by atoms with van der Waals surface area (Å²) in [5, 5.41) is 2.96. The van der Waals surface area contributed by atoms with E-state index in [1.807, 2.05) is 60.7 Å². The van der Waals surface area contributed by atoms with Gasteiger partial charge in [0.05, 0.1) is 6.61 Å². The van der Waals surface area contributed by atoms with Crippen LogP contribution >= 0.6 is 8.46 Å². The highest BCUT2D eigenvalue weighted by Crippen LogP contribution is 2.47. The molecule has 3 rings (SSSR count). The van der Waals surface area contributed by atoms with Crippen LogP contribution in [0.1, 0.15) is 34.3 Å². The molecule has 0 saturated heterocycles. The third kappa shape index (κ3) is 3.11. The van der Waals surface area contributed by atoms with Crippen LogP contribution in [0.3, 0.4) is 0 Å². The van der Waals surface area contributed by atoms with Crippen molar-refractivity contribution >= 4 is 14.4 Å². The van der Waals surface area contributed by atoms with Gasteiger partial charge in [-0.3, -0.25) is 4.57 Å². The third-order valence-electron chi connectivity index (χ3n) is 3.88. The summed E-state index contributed by atoms with van der Waals surface area (Å²) in [6.45, 7) is 1.95. The minimum absolute atomic E-state index is 0.0169. The van der Waals surface area contributed by atoms with Crippen molar-refractivity contribution < 1.29 is 18.6 Å². The van der Waals surface area contributed by atoms with Gasteiger partial charge in [0.15, 0.2) is 8.46 Å². The Labute approximate surface area is 146 Å². The first-order valence-electron chi connectivity index (χ1n) is 7.82. The zero-order valence-corrected chi connectivity index (χ0v) is 14.5. The van der Waals surface area contributed by atoms with Crippen molar-refractivity contribution in [2.24, 2.45) is 0 Å². The molecule has 6 heteroatoms. The Morgan fingerprint density at radius 3 is 2.12 bits per heavy atom. The van der Waals surface area contributed by atoms with E-state index in [2.05, 4.69) is 5.16 Å². The summed E-state index contributed by atoms with van der Waals surface area (Å²) in [5.74, 6) is -0.615. The van der Waals surface area contributed by atoms with E-state index in [1.54, 1.807) is 6.92 Å². The van der Waals surface area contributed by atoms with E-state index in [1.165, 1.54) is 6.07 Å². The highest BCUT2D eigenvalue weighted by molar-refractivity contribution is 7.26. The van der Waals surface area contributed by atoms with E-state index in [0.717, 1.165) is 11.1 Å². The molecule has 0 aliphatic carbocycles. The Bertz CT molecular complexity index is 822. The molecule has 0 N–H and O–H groups in total. The number of carbonyl (C=O) groups excluding carboxylic acids is 1. The summed E-state index contributed by atoms with van der Waals surface area (Å²) in [7, 11) is -0.187. The summed E-state index contributed by atoms with van der Waals surface area (Å²) in [4.78, 5) is 11.9. The lowest BCUT2D eigenvalue weighted by atomic mass is 9.87. The number of nitrogens with zero attached hydrogens (tertiary/aromatic N) is 1. The van der Waals surface area contributed by atoms with Crippen molar-refractivity contribution in [2.45, 2.75) is 12.1 Å². The van der Waals surface area contributed by atoms with E-state index >= 15 is 0 Å². The molecule has 0 atom stereocenters. The Kier molecular flexibility index (Phi) is 5.05. The van der Waals surface area contributed by atoms with Crippen molar-refractivity contribution in [3.05, 3.63) is 89.3 Å². The highest BCUT2D eigenvalue weighted by atomic mass is 31.1. The fourth-order valence-corrected chi connectivity index (χ4v) is 3.43. The van der Waals surface area contributed by atoms with Gasteiger partial charge in [-0.2, -0.15) is 0 Å². The normalized spacial score (nSPS) is 11.4. The summed E-state index contributed by atoms with van der Waals surface area (Å²) >= 11 is 0. The van der Waals surface area contributed by atoms with Gasteiger partial charge >= 0.3 is 5.97 Å². The van der Waals surface area contributed by atoms with Gasteiger partial charge < -0.3 is 9.26 Å². The Hall–Kier alpha value is -2.78. The van der Waals surface area contributed by atoms with Gasteiger partial charge in [0.1, 0.15) is 10.9 Å². The molecule has 0 amide bonds. The molecule has 0 spiro atoms. The van der Waals surface area contributed by atoms with E-state index < -0.39 is 11.1 Å². The molecular formula is C19H16NO4P. The van der Waals surface area contributed by atoms with Crippen LogP contribution < -0.4 is 0 Å². The predicted octanol–water partition coefficient (Wildman–Crippen LogP) is 4.43. The van der Waals surface area contributed by atoms with Crippen molar-refractivity contribution in [2.75, 3.05) is 6.61 Å². The molecule has 3 aromatic rings. The molecule has 0 aliphatic rings. The second-order valence-electron chi connectivity index (χ2n) is 5.33. The Morgan fingerprint density at radius 2 is 1.64 bits per heavy atom. The molecule has 2 aromatic carbocycles. The third-order valence-corrected chi connectivity index (χ3v) is 4.90. The SMILES string of the molecule is CCOC(=O)c1cc(C(P=O)(c2ccccc2)c2ccccc2)no1. The van der Waals surface area contributed by atoms with Crippen LogP contribution in [0.2, 0.25) is 0 Å². The van der Waals surface area contributed by atoms with Gasteiger partial charge in [-0.1, -0.05) is 65.8 Å². The number of hydrogen-bond acceptors (Lipinski definition) is 5. The summed E-state index contributed by atoms with van der Waals surface area (Å²) in [6.07, 6.45) is 0. The topological polar surface area (TPSA) is 69.4 Å². The number of aromatic nitrogens is 1. The van der Waals surface area contributed by atoms with Gasteiger partial charge in [0, 0.05) is 6.07 Å². The molecular weight excluding hydrogens is 337 g/mol. The lowest BCUT2D eigenvalue weighted by Gasteiger charge is -2.25. The molecule has 25 heavy (non-hydrogen) atoms. The smallest absolute Gasteiger partial charge is 0.377 e. The molecule has 0 saturated carbocycles. The lowest BCUT2D eigenvalue weighted by molar-refractivity contribution is 0.0479. The fraction of sp³-hybridized carbons (Fsp3) is 0.158. The molecule has 0 fully saturated rings. The van der Waals surface area contributed by atoms with Gasteiger partial charge in [0.2, 0.25) is 5.76 Å². The quantitative estimate of drug-likeness (QED) is 0.484. The maximum absolute atomic E-state index is 12.4. The first-order valence-corrected chi connectivity index (χ1v) is 8.63. The van der Waals surface area contributed by atoms with Gasteiger partial charge in [-0.05, 0) is 18.1 Å². The lowest BCUT2D eigenvalue weighted by Crippen LogP contribution is -2.23. The minimum Gasteiger partial charge on any atom is -0.460 e. The van der Waals surface area contributed by atoms with Crippen molar-refractivity contribution in [3.8, 4) is 0 Å². The summed E-state index contributed by atoms with van der Waals surface area (Å²) in [6, 6.07) is 20.2. The van der Waals surface area contributed by atoms with Crippen LogP contribution in [0, 0.1) is 0 Å². The van der Waals surface area contributed by atoms with Crippen LogP contribution in [-0.2, 0) is 14.5 Å². The first-order chi connectivity index (χ1) is 12.2. The number of esters is 1.